The van der Waals surface area contributed by atoms with E-state index >= 15 is 0 Å². The first-order chi connectivity index (χ1) is 19.1. The molecule has 1 N–H and O–H groups in total. The molecule has 2 unspecified atom stereocenters. The van der Waals surface area contributed by atoms with Gasteiger partial charge in [0.1, 0.15) is 12.4 Å². The van der Waals surface area contributed by atoms with E-state index in [0.717, 1.165) is 37.1 Å². The van der Waals surface area contributed by atoms with E-state index in [4.69, 9.17) is 18.5 Å². The van der Waals surface area contributed by atoms with Gasteiger partial charge in [0.15, 0.2) is 6.10 Å². The van der Waals surface area contributed by atoms with Crippen LogP contribution in [0.2, 0.25) is 0 Å². The number of nitrogens with zero attached hydrogens (tertiary/aromatic N) is 1. The standard InChI is InChI=1S/C31H56NO6P/c1-4-5-6-7-8-9-10-11-12-13-14-15-16-17-21-29-22-18-19-23-31(29)35-26-30(36-28-33)27-38-39(34)37-25-20-24-32(2)3/h18-19,22-23,28,30,34H,4-17,20-21,24-27H2,1-3H3. The molecule has 0 fully saturated rings. The summed E-state index contributed by atoms with van der Waals surface area (Å²) in [5, 5.41) is 0. The van der Waals surface area contributed by atoms with Crippen LogP contribution in [0, 0.1) is 0 Å². The maximum Gasteiger partial charge on any atom is 0.329 e. The Morgan fingerprint density at radius 2 is 1.41 bits per heavy atom. The van der Waals surface area contributed by atoms with Gasteiger partial charge >= 0.3 is 8.60 Å². The maximum absolute atomic E-state index is 10.9. The van der Waals surface area contributed by atoms with E-state index in [1.807, 2.05) is 37.2 Å². The Bertz CT molecular complexity index is 693. The van der Waals surface area contributed by atoms with Gasteiger partial charge in [0.25, 0.3) is 6.47 Å². The van der Waals surface area contributed by atoms with Crippen molar-refractivity contribution in [1.82, 2.24) is 4.90 Å². The zero-order valence-electron chi connectivity index (χ0n) is 25.0. The van der Waals surface area contributed by atoms with Crippen molar-refractivity contribution in [3.05, 3.63) is 29.8 Å². The largest absolute Gasteiger partial charge is 0.489 e. The topological polar surface area (TPSA) is 77.5 Å². The fourth-order valence-corrected chi connectivity index (χ4v) is 5.11. The minimum absolute atomic E-state index is 0.00967. The third-order valence-electron chi connectivity index (χ3n) is 6.77. The highest BCUT2D eigenvalue weighted by Gasteiger charge is 2.16. The Balaban J connectivity index is 2.20. The molecular weight excluding hydrogens is 513 g/mol. The van der Waals surface area contributed by atoms with E-state index < -0.39 is 14.7 Å². The van der Waals surface area contributed by atoms with Gasteiger partial charge < -0.3 is 28.3 Å². The van der Waals surface area contributed by atoms with Gasteiger partial charge in [0.2, 0.25) is 0 Å². The number of rotatable bonds is 28. The average Bonchev–Trinajstić information content (AvgIpc) is 2.93. The van der Waals surface area contributed by atoms with Gasteiger partial charge in [-0.05, 0) is 51.5 Å². The molecule has 0 radical (unpaired) electrons. The van der Waals surface area contributed by atoms with Crippen molar-refractivity contribution < 1.29 is 28.2 Å². The first kappa shape index (κ1) is 35.8. The highest BCUT2D eigenvalue weighted by atomic mass is 31.2. The highest BCUT2D eigenvalue weighted by molar-refractivity contribution is 7.40. The monoisotopic (exact) mass is 569 g/mol. The van der Waals surface area contributed by atoms with Crippen LogP contribution in [0.3, 0.4) is 0 Å². The highest BCUT2D eigenvalue weighted by Crippen LogP contribution is 2.33. The number of carbonyl (C=O) groups excluding carboxylic acids is 1. The van der Waals surface area contributed by atoms with Gasteiger partial charge in [0, 0.05) is 0 Å². The molecule has 0 aliphatic rings. The van der Waals surface area contributed by atoms with E-state index in [9.17, 15) is 9.69 Å². The Kier molecular flexibility index (Phi) is 23.6. The lowest BCUT2D eigenvalue weighted by Crippen LogP contribution is -2.26. The van der Waals surface area contributed by atoms with Gasteiger partial charge in [-0.15, -0.1) is 0 Å². The first-order valence-corrected chi connectivity index (χ1v) is 16.4. The molecule has 2 atom stereocenters. The van der Waals surface area contributed by atoms with Crippen molar-refractivity contribution in [2.45, 2.75) is 116 Å². The maximum atomic E-state index is 10.9. The van der Waals surface area contributed by atoms with E-state index in [0.29, 0.717) is 13.1 Å². The fraction of sp³-hybridized carbons (Fsp3) is 0.774. The van der Waals surface area contributed by atoms with E-state index in [1.54, 1.807) is 0 Å². The van der Waals surface area contributed by atoms with E-state index in [-0.39, 0.29) is 13.2 Å². The van der Waals surface area contributed by atoms with Crippen molar-refractivity contribution in [3.63, 3.8) is 0 Å². The number of benzene rings is 1. The molecule has 0 aliphatic heterocycles. The number of unbranched alkanes of at least 4 members (excludes halogenated alkanes) is 13. The molecule has 0 bridgehead atoms. The molecule has 8 heteroatoms. The van der Waals surface area contributed by atoms with Crippen LogP contribution in [0.25, 0.3) is 0 Å². The van der Waals surface area contributed by atoms with Crippen LogP contribution in [0.4, 0.5) is 0 Å². The van der Waals surface area contributed by atoms with Crippen molar-refractivity contribution in [1.29, 1.82) is 0 Å². The van der Waals surface area contributed by atoms with E-state index in [1.165, 1.54) is 83.5 Å². The van der Waals surface area contributed by atoms with Crippen LogP contribution in [0.1, 0.15) is 109 Å². The normalized spacial score (nSPS) is 12.9. The van der Waals surface area contributed by atoms with Gasteiger partial charge in [-0.2, -0.15) is 0 Å². The molecular formula is C31H56NO6P. The Morgan fingerprint density at radius 1 is 0.821 bits per heavy atom. The SMILES string of the molecule is CCCCCCCCCCCCCCCCc1ccccc1OCC(COP(O)OCCCN(C)C)OC=O. The van der Waals surface area contributed by atoms with Crippen LogP contribution >= 0.6 is 8.60 Å². The molecule has 0 saturated carbocycles. The van der Waals surface area contributed by atoms with Crippen molar-refractivity contribution >= 4 is 15.1 Å². The predicted octanol–water partition coefficient (Wildman–Crippen LogP) is 7.83. The number of para-hydroxylation sites is 1. The summed E-state index contributed by atoms with van der Waals surface area (Å²) < 4.78 is 21.8. The summed E-state index contributed by atoms with van der Waals surface area (Å²) in [6.07, 6.45) is 20.0. The van der Waals surface area contributed by atoms with Gasteiger partial charge in [-0.25, -0.2) is 0 Å². The van der Waals surface area contributed by atoms with Crippen molar-refractivity contribution in [2.24, 2.45) is 0 Å². The summed E-state index contributed by atoms with van der Waals surface area (Å²) in [5.41, 5.74) is 1.16. The molecule has 1 rings (SSSR count). The molecule has 0 aromatic heterocycles. The second kappa shape index (κ2) is 25.7. The molecule has 39 heavy (non-hydrogen) atoms. The summed E-state index contributed by atoms with van der Waals surface area (Å²) in [6.45, 7) is 4.09. The molecule has 0 spiro atoms. The zero-order chi connectivity index (χ0) is 28.4. The second-order valence-corrected chi connectivity index (χ2v) is 11.6. The minimum Gasteiger partial charge on any atom is -0.489 e. The summed E-state index contributed by atoms with van der Waals surface area (Å²) in [7, 11) is 1.95. The summed E-state index contributed by atoms with van der Waals surface area (Å²) in [5.74, 6) is 0.804. The number of hydrogen-bond donors (Lipinski definition) is 1. The molecule has 226 valence electrons. The lowest BCUT2D eigenvalue weighted by molar-refractivity contribution is -0.136. The van der Waals surface area contributed by atoms with Crippen LogP contribution in [0.15, 0.2) is 24.3 Å². The Hall–Kier alpha value is -1.24. The molecule has 1 aromatic rings. The van der Waals surface area contributed by atoms with Crippen LogP contribution in [0.5, 0.6) is 5.75 Å². The predicted molar refractivity (Wildman–Crippen MR) is 161 cm³/mol. The number of carbonyl (C=O) groups is 1. The smallest absolute Gasteiger partial charge is 0.329 e. The molecule has 0 amide bonds. The van der Waals surface area contributed by atoms with E-state index in [2.05, 4.69) is 13.0 Å². The average molecular weight is 570 g/mol. The van der Waals surface area contributed by atoms with Gasteiger partial charge in [-0.3, -0.25) is 4.79 Å². The van der Waals surface area contributed by atoms with Gasteiger partial charge in [-0.1, -0.05) is 109 Å². The number of hydrogen-bond acceptors (Lipinski definition) is 7. The van der Waals surface area contributed by atoms with Crippen molar-refractivity contribution in [2.75, 3.05) is 40.5 Å². The Morgan fingerprint density at radius 3 is 2.00 bits per heavy atom. The van der Waals surface area contributed by atoms with Crippen LogP contribution < -0.4 is 4.74 Å². The van der Waals surface area contributed by atoms with Crippen LogP contribution in [-0.2, 0) is 25.0 Å². The molecule has 0 aliphatic carbocycles. The quantitative estimate of drug-likeness (QED) is 0.0626. The lowest BCUT2D eigenvalue weighted by Gasteiger charge is -2.19. The first-order valence-electron chi connectivity index (χ1n) is 15.3. The third-order valence-corrected chi connectivity index (χ3v) is 7.54. The summed E-state index contributed by atoms with van der Waals surface area (Å²) in [4.78, 5) is 22.9. The molecule has 0 heterocycles. The van der Waals surface area contributed by atoms with Crippen LogP contribution in [-0.4, -0.2) is 62.8 Å². The second-order valence-electron chi connectivity index (χ2n) is 10.6. The summed E-state index contributed by atoms with van der Waals surface area (Å²) >= 11 is 0. The third kappa shape index (κ3) is 21.2. The fourth-order valence-electron chi connectivity index (χ4n) is 4.46. The van der Waals surface area contributed by atoms with Gasteiger partial charge in [0.05, 0.1) is 13.2 Å². The number of ether oxygens (including phenoxy) is 2. The zero-order valence-corrected chi connectivity index (χ0v) is 25.9. The minimum atomic E-state index is -2.02. The summed E-state index contributed by atoms with van der Waals surface area (Å²) in [6, 6.07) is 8.02. The molecule has 7 nitrogen and oxygen atoms in total. The Labute approximate surface area is 239 Å². The number of aryl methyl sites for hydroxylation is 1. The van der Waals surface area contributed by atoms with Crippen molar-refractivity contribution in [3.8, 4) is 5.75 Å². The molecule has 1 aromatic carbocycles. The lowest BCUT2D eigenvalue weighted by atomic mass is 10.0. The molecule has 0 saturated heterocycles.